The molecule has 0 radical (unpaired) electrons. The molecule has 2 aliphatic carbocycles. The van der Waals surface area contributed by atoms with Crippen molar-refractivity contribution < 1.29 is 9.53 Å². The number of piperidine rings is 1. The predicted octanol–water partition coefficient (Wildman–Crippen LogP) is 3.79. The zero-order valence-corrected chi connectivity index (χ0v) is 14.6. The zero-order chi connectivity index (χ0) is 16.0. The minimum atomic E-state index is 0.0819. The Bertz CT molecular complexity index is 496. The predicted molar refractivity (Wildman–Crippen MR) is 91.0 cm³/mol. The van der Waals surface area contributed by atoms with Crippen LogP contribution in [0.15, 0.2) is 12.2 Å². The van der Waals surface area contributed by atoms with Crippen LogP contribution in [0.4, 0.5) is 0 Å². The first-order valence-corrected chi connectivity index (χ1v) is 9.67. The summed E-state index contributed by atoms with van der Waals surface area (Å²) in [7, 11) is 0. The number of carbonyl (C=O) groups is 1. The van der Waals surface area contributed by atoms with E-state index in [0.29, 0.717) is 17.3 Å². The van der Waals surface area contributed by atoms with Crippen LogP contribution in [0, 0.1) is 23.2 Å². The number of carbonyl (C=O) groups excluding carboxylic acids is 1. The first-order chi connectivity index (χ1) is 11.1. The van der Waals surface area contributed by atoms with Gasteiger partial charge in [-0.2, -0.15) is 0 Å². The van der Waals surface area contributed by atoms with Crippen molar-refractivity contribution >= 4 is 5.97 Å². The molecule has 23 heavy (non-hydrogen) atoms. The molecule has 2 heterocycles. The van der Waals surface area contributed by atoms with Crippen molar-refractivity contribution in [3.05, 3.63) is 12.2 Å². The number of nitrogens with zero attached hydrogens (tertiary/aromatic N) is 1. The maximum atomic E-state index is 12.5. The van der Waals surface area contributed by atoms with E-state index in [9.17, 15) is 4.79 Å². The number of rotatable bonds is 2. The minimum Gasteiger partial charge on any atom is -0.462 e. The van der Waals surface area contributed by atoms with Crippen LogP contribution in [0.5, 0.6) is 0 Å². The molecule has 4 rings (SSSR count). The van der Waals surface area contributed by atoms with E-state index in [1.165, 1.54) is 44.1 Å². The number of hydrogen-bond donors (Lipinski definition) is 0. The molecule has 0 spiro atoms. The fraction of sp³-hybridized carbons (Fsp3) is 0.850. The van der Waals surface area contributed by atoms with E-state index in [-0.39, 0.29) is 18.0 Å². The van der Waals surface area contributed by atoms with Gasteiger partial charge in [-0.05, 0) is 69.4 Å². The maximum Gasteiger partial charge on any atom is 0.310 e. The van der Waals surface area contributed by atoms with Gasteiger partial charge in [-0.25, -0.2) is 0 Å². The highest BCUT2D eigenvalue weighted by atomic mass is 16.6. The molecule has 0 aromatic rings. The van der Waals surface area contributed by atoms with Gasteiger partial charge < -0.3 is 9.64 Å². The van der Waals surface area contributed by atoms with E-state index in [1.807, 2.05) is 0 Å². The van der Waals surface area contributed by atoms with Crippen LogP contribution in [0.3, 0.4) is 0 Å². The van der Waals surface area contributed by atoms with Gasteiger partial charge in [0.05, 0.1) is 5.92 Å². The Morgan fingerprint density at radius 1 is 1.26 bits per heavy atom. The molecule has 2 aliphatic heterocycles. The highest BCUT2D eigenvalue weighted by Gasteiger charge is 2.55. The largest absolute Gasteiger partial charge is 0.462 e. The van der Waals surface area contributed by atoms with Crippen molar-refractivity contribution in [2.75, 3.05) is 19.6 Å². The van der Waals surface area contributed by atoms with Crippen molar-refractivity contribution in [2.45, 2.75) is 64.4 Å². The van der Waals surface area contributed by atoms with Gasteiger partial charge in [-0.15, -0.1) is 0 Å². The first kappa shape index (κ1) is 15.7. The van der Waals surface area contributed by atoms with Crippen molar-refractivity contribution in [2.24, 2.45) is 23.2 Å². The zero-order valence-electron chi connectivity index (χ0n) is 14.6. The third kappa shape index (κ3) is 2.75. The molecule has 0 aromatic heterocycles. The number of esters is 1. The molecule has 2 unspecified atom stereocenters. The molecule has 2 saturated carbocycles. The molecular formula is C20H31NO2. The summed E-state index contributed by atoms with van der Waals surface area (Å²) in [5.74, 6) is 1.23. The Kier molecular flexibility index (Phi) is 4.03. The van der Waals surface area contributed by atoms with Gasteiger partial charge in [0.25, 0.3) is 0 Å². The molecule has 4 fully saturated rings. The van der Waals surface area contributed by atoms with Crippen molar-refractivity contribution in [1.29, 1.82) is 0 Å². The third-order valence-electron chi connectivity index (χ3n) is 7.22. The highest BCUT2D eigenvalue weighted by molar-refractivity contribution is 5.75. The first-order valence-electron chi connectivity index (χ1n) is 9.67. The van der Waals surface area contributed by atoms with Gasteiger partial charge in [-0.3, -0.25) is 4.79 Å². The molecule has 0 bridgehead atoms. The molecule has 0 N–H and O–H groups in total. The van der Waals surface area contributed by atoms with Crippen molar-refractivity contribution in [3.63, 3.8) is 0 Å². The summed E-state index contributed by atoms with van der Waals surface area (Å²) in [5.41, 5.74) is 1.75. The summed E-state index contributed by atoms with van der Waals surface area (Å²) in [6.45, 7) is 10.0. The van der Waals surface area contributed by atoms with E-state index in [0.717, 1.165) is 32.5 Å². The summed E-state index contributed by atoms with van der Waals surface area (Å²) in [5, 5.41) is 0. The van der Waals surface area contributed by atoms with Gasteiger partial charge >= 0.3 is 5.97 Å². The fourth-order valence-corrected chi connectivity index (χ4v) is 5.88. The smallest absolute Gasteiger partial charge is 0.310 e. The van der Waals surface area contributed by atoms with Crippen LogP contribution in [-0.2, 0) is 9.53 Å². The van der Waals surface area contributed by atoms with Crippen LogP contribution in [-0.4, -0.2) is 36.6 Å². The fourth-order valence-electron chi connectivity index (χ4n) is 5.88. The Labute approximate surface area is 140 Å². The van der Waals surface area contributed by atoms with Crippen LogP contribution in [0.25, 0.3) is 0 Å². The summed E-state index contributed by atoms with van der Waals surface area (Å²) >= 11 is 0. The monoisotopic (exact) mass is 317 g/mol. The standard InChI is InChI=1S/C20H31NO2/c1-14-7-6-8-20(2)12-18-15(11-17(14)20)16(19(22)23-18)13-21-9-4-3-5-10-21/h15-18H,1,3-13H2,2H3/t15-,16?,17?,18-,20-/m1/s1. The van der Waals surface area contributed by atoms with Crippen LogP contribution in [0.2, 0.25) is 0 Å². The molecule has 2 saturated heterocycles. The number of hydrogen-bond acceptors (Lipinski definition) is 3. The van der Waals surface area contributed by atoms with Crippen molar-refractivity contribution in [3.8, 4) is 0 Å². The second kappa shape index (κ2) is 5.91. The van der Waals surface area contributed by atoms with Gasteiger partial charge in [0.1, 0.15) is 6.10 Å². The van der Waals surface area contributed by atoms with E-state index < -0.39 is 0 Å². The number of fused-ring (bicyclic) bond motifs is 2. The second-order valence-electron chi connectivity index (χ2n) is 8.77. The molecule has 3 heteroatoms. The molecule has 5 atom stereocenters. The molecule has 3 nitrogen and oxygen atoms in total. The number of allylic oxidation sites excluding steroid dienone is 1. The Hall–Kier alpha value is -0.830. The Balaban J connectivity index is 1.50. The molecule has 128 valence electrons. The van der Waals surface area contributed by atoms with Gasteiger partial charge in [0.15, 0.2) is 0 Å². The summed E-state index contributed by atoms with van der Waals surface area (Å²) in [6, 6.07) is 0. The molecular weight excluding hydrogens is 286 g/mol. The second-order valence-corrected chi connectivity index (χ2v) is 8.77. The van der Waals surface area contributed by atoms with Crippen LogP contribution in [0.1, 0.15) is 58.3 Å². The van der Waals surface area contributed by atoms with Crippen LogP contribution >= 0.6 is 0 Å². The minimum absolute atomic E-state index is 0.0819. The summed E-state index contributed by atoms with van der Waals surface area (Å²) < 4.78 is 5.87. The van der Waals surface area contributed by atoms with Gasteiger partial charge in [-0.1, -0.05) is 25.5 Å². The number of ether oxygens (including phenoxy) is 1. The van der Waals surface area contributed by atoms with E-state index in [2.05, 4.69) is 18.4 Å². The van der Waals surface area contributed by atoms with E-state index in [1.54, 1.807) is 0 Å². The number of likely N-dealkylation sites (tertiary alicyclic amines) is 1. The summed E-state index contributed by atoms with van der Waals surface area (Å²) in [6.07, 6.45) is 9.99. The molecule has 4 aliphatic rings. The topological polar surface area (TPSA) is 29.5 Å². The summed E-state index contributed by atoms with van der Waals surface area (Å²) in [4.78, 5) is 15.0. The normalized spacial score (nSPS) is 44.6. The lowest BCUT2D eigenvalue weighted by atomic mass is 9.55. The van der Waals surface area contributed by atoms with E-state index in [4.69, 9.17) is 4.74 Å². The Morgan fingerprint density at radius 3 is 2.83 bits per heavy atom. The lowest BCUT2D eigenvalue weighted by Gasteiger charge is -2.50. The highest BCUT2D eigenvalue weighted by Crippen LogP contribution is 2.56. The average Bonchev–Trinajstić information content (AvgIpc) is 2.81. The maximum absolute atomic E-state index is 12.5. The quantitative estimate of drug-likeness (QED) is 0.573. The van der Waals surface area contributed by atoms with Gasteiger partial charge in [0.2, 0.25) is 0 Å². The lowest BCUT2D eigenvalue weighted by molar-refractivity contribution is -0.146. The third-order valence-corrected chi connectivity index (χ3v) is 7.22. The van der Waals surface area contributed by atoms with Crippen LogP contribution < -0.4 is 0 Å². The molecule has 0 aromatic carbocycles. The Morgan fingerprint density at radius 2 is 2.04 bits per heavy atom. The SMILES string of the molecule is C=C1CCC[C@]2(C)C[C@H]3OC(=O)C(CN4CCCCC4)[C@H]3CC12. The van der Waals surface area contributed by atoms with Gasteiger partial charge in [0, 0.05) is 12.5 Å². The van der Waals surface area contributed by atoms with E-state index >= 15 is 0 Å². The molecule has 0 amide bonds. The van der Waals surface area contributed by atoms with Crippen molar-refractivity contribution in [1.82, 2.24) is 4.90 Å². The lowest BCUT2D eigenvalue weighted by Crippen LogP contribution is -2.46. The average molecular weight is 317 g/mol.